The summed E-state index contributed by atoms with van der Waals surface area (Å²) in [7, 11) is 0. The zero-order valence-corrected chi connectivity index (χ0v) is 10.7. The van der Waals surface area contributed by atoms with Crippen LogP contribution in [-0.2, 0) is 0 Å². The summed E-state index contributed by atoms with van der Waals surface area (Å²) >= 11 is 0. The molecule has 0 unspecified atom stereocenters. The molecular formula is C13H17N3O2. The molecule has 0 saturated heterocycles. The lowest BCUT2D eigenvalue weighted by Crippen LogP contribution is -2.48. The van der Waals surface area contributed by atoms with Crippen molar-refractivity contribution in [2.24, 2.45) is 0 Å². The summed E-state index contributed by atoms with van der Waals surface area (Å²) < 4.78 is 5.27. The van der Waals surface area contributed by atoms with Crippen LogP contribution in [0, 0.1) is 25.2 Å². The minimum atomic E-state index is -0.734. The predicted molar refractivity (Wildman–Crippen MR) is 64.9 cm³/mol. The molecular weight excluding hydrogens is 230 g/mol. The third-order valence-corrected chi connectivity index (χ3v) is 3.38. The van der Waals surface area contributed by atoms with E-state index in [1.807, 2.05) is 0 Å². The molecule has 1 aliphatic rings. The lowest BCUT2D eigenvalue weighted by molar-refractivity contribution is 0.0872. The molecule has 1 saturated carbocycles. The summed E-state index contributed by atoms with van der Waals surface area (Å²) in [6.07, 6.45) is 4.49. The highest BCUT2D eigenvalue weighted by molar-refractivity contribution is 5.93. The number of aryl methyl sites for hydroxylation is 2. The predicted octanol–water partition coefficient (Wildman–Crippen LogP) is 2.25. The van der Waals surface area contributed by atoms with E-state index >= 15 is 0 Å². The van der Waals surface area contributed by atoms with Crippen LogP contribution in [0.3, 0.4) is 0 Å². The number of rotatable bonds is 2. The van der Waals surface area contributed by atoms with Crippen molar-refractivity contribution >= 4 is 5.91 Å². The molecule has 1 heterocycles. The van der Waals surface area contributed by atoms with Gasteiger partial charge in [-0.05, 0) is 19.8 Å². The third-order valence-electron chi connectivity index (χ3n) is 3.38. The maximum absolute atomic E-state index is 12.1. The van der Waals surface area contributed by atoms with Gasteiger partial charge in [0, 0.05) is 6.92 Å². The Hall–Kier alpha value is -1.83. The molecule has 0 atom stereocenters. The normalized spacial score (nSPS) is 18.1. The SMILES string of the molecule is Cc1nc(C)c(C(=O)NC2(C#N)CCCCC2)o1. The molecule has 0 aliphatic heterocycles. The Morgan fingerprint density at radius 1 is 1.39 bits per heavy atom. The minimum absolute atomic E-state index is 0.215. The molecule has 1 N–H and O–H groups in total. The van der Waals surface area contributed by atoms with E-state index in [4.69, 9.17) is 4.42 Å². The quantitative estimate of drug-likeness (QED) is 0.869. The zero-order valence-electron chi connectivity index (χ0n) is 10.7. The number of nitrogens with one attached hydrogen (secondary N) is 1. The van der Waals surface area contributed by atoms with Gasteiger partial charge in [-0.1, -0.05) is 19.3 Å². The van der Waals surface area contributed by atoms with E-state index in [1.165, 1.54) is 0 Å². The topological polar surface area (TPSA) is 78.9 Å². The highest BCUT2D eigenvalue weighted by Crippen LogP contribution is 2.28. The van der Waals surface area contributed by atoms with Gasteiger partial charge in [0.2, 0.25) is 5.76 Å². The standard InChI is InChI=1S/C13H17N3O2/c1-9-11(18-10(2)15-9)12(17)16-13(8-14)6-4-3-5-7-13/h3-7H2,1-2H3,(H,16,17). The molecule has 5 heteroatoms. The number of hydrogen-bond donors (Lipinski definition) is 1. The highest BCUT2D eigenvalue weighted by atomic mass is 16.4. The summed E-state index contributed by atoms with van der Waals surface area (Å²) in [5, 5.41) is 12.1. The lowest BCUT2D eigenvalue weighted by Gasteiger charge is -2.31. The first-order valence-corrected chi connectivity index (χ1v) is 6.24. The van der Waals surface area contributed by atoms with Gasteiger partial charge in [0.05, 0.1) is 11.8 Å². The van der Waals surface area contributed by atoms with Crippen LogP contribution in [-0.4, -0.2) is 16.4 Å². The molecule has 1 fully saturated rings. The van der Waals surface area contributed by atoms with Crippen molar-refractivity contribution < 1.29 is 9.21 Å². The molecule has 1 amide bonds. The first-order chi connectivity index (χ1) is 8.56. The number of carbonyl (C=O) groups is 1. The maximum atomic E-state index is 12.1. The van der Waals surface area contributed by atoms with E-state index in [9.17, 15) is 10.1 Å². The fraction of sp³-hybridized carbons (Fsp3) is 0.615. The van der Waals surface area contributed by atoms with Crippen molar-refractivity contribution in [1.82, 2.24) is 10.3 Å². The number of aromatic nitrogens is 1. The van der Waals surface area contributed by atoms with E-state index in [-0.39, 0.29) is 11.7 Å². The van der Waals surface area contributed by atoms with Crippen LogP contribution in [0.2, 0.25) is 0 Å². The van der Waals surface area contributed by atoms with Crippen LogP contribution >= 0.6 is 0 Å². The Kier molecular flexibility index (Phi) is 3.37. The number of hydrogen-bond acceptors (Lipinski definition) is 4. The van der Waals surface area contributed by atoms with Crippen LogP contribution in [0.25, 0.3) is 0 Å². The highest BCUT2D eigenvalue weighted by Gasteiger charge is 2.35. The number of carbonyl (C=O) groups excluding carboxylic acids is 1. The minimum Gasteiger partial charge on any atom is -0.436 e. The van der Waals surface area contributed by atoms with Crippen molar-refractivity contribution in [1.29, 1.82) is 5.26 Å². The molecule has 0 radical (unpaired) electrons. The van der Waals surface area contributed by atoms with Crippen molar-refractivity contribution in [2.45, 2.75) is 51.5 Å². The van der Waals surface area contributed by atoms with Gasteiger partial charge in [-0.15, -0.1) is 0 Å². The lowest BCUT2D eigenvalue weighted by atomic mass is 9.83. The maximum Gasteiger partial charge on any atom is 0.290 e. The van der Waals surface area contributed by atoms with Gasteiger partial charge in [0.1, 0.15) is 5.54 Å². The Morgan fingerprint density at radius 2 is 2.06 bits per heavy atom. The molecule has 18 heavy (non-hydrogen) atoms. The molecule has 2 rings (SSSR count). The fourth-order valence-electron chi connectivity index (χ4n) is 2.44. The second kappa shape index (κ2) is 4.81. The zero-order chi connectivity index (χ0) is 13.2. The number of nitrogens with zero attached hydrogens (tertiary/aromatic N) is 2. The van der Waals surface area contributed by atoms with Gasteiger partial charge in [0.15, 0.2) is 5.89 Å². The van der Waals surface area contributed by atoms with Crippen molar-refractivity contribution in [3.05, 3.63) is 17.3 Å². The van der Waals surface area contributed by atoms with Gasteiger partial charge >= 0.3 is 0 Å². The van der Waals surface area contributed by atoms with Crippen LogP contribution in [0.15, 0.2) is 4.42 Å². The van der Waals surface area contributed by atoms with Gasteiger partial charge in [0.25, 0.3) is 5.91 Å². The molecule has 0 aromatic carbocycles. The summed E-state index contributed by atoms with van der Waals surface area (Å²) in [6.45, 7) is 3.43. The van der Waals surface area contributed by atoms with E-state index in [2.05, 4.69) is 16.4 Å². The van der Waals surface area contributed by atoms with Crippen molar-refractivity contribution in [3.63, 3.8) is 0 Å². The average Bonchev–Trinajstić information content (AvgIpc) is 2.70. The van der Waals surface area contributed by atoms with Crippen molar-refractivity contribution in [2.75, 3.05) is 0 Å². The van der Waals surface area contributed by atoms with Crippen LogP contribution in [0.4, 0.5) is 0 Å². The monoisotopic (exact) mass is 247 g/mol. The number of amides is 1. The molecule has 5 nitrogen and oxygen atoms in total. The molecule has 0 spiro atoms. The fourth-order valence-corrected chi connectivity index (χ4v) is 2.44. The second-order valence-electron chi connectivity index (χ2n) is 4.86. The second-order valence-corrected chi connectivity index (χ2v) is 4.86. The van der Waals surface area contributed by atoms with E-state index in [0.29, 0.717) is 24.4 Å². The van der Waals surface area contributed by atoms with Crippen LogP contribution < -0.4 is 5.32 Å². The summed E-state index contributed by atoms with van der Waals surface area (Å²) in [4.78, 5) is 16.2. The summed E-state index contributed by atoms with van der Waals surface area (Å²) in [5.74, 6) is 0.344. The van der Waals surface area contributed by atoms with Gasteiger partial charge in [-0.2, -0.15) is 5.26 Å². The molecule has 1 aromatic rings. The van der Waals surface area contributed by atoms with Crippen molar-refractivity contribution in [3.8, 4) is 6.07 Å². The number of nitriles is 1. The summed E-state index contributed by atoms with van der Waals surface area (Å²) in [5.41, 5.74) is -0.170. The molecule has 1 aromatic heterocycles. The van der Waals surface area contributed by atoms with Gasteiger partial charge in [-0.25, -0.2) is 4.98 Å². The molecule has 0 bridgehead atoms. The Labute approximate surface area is 106 Å². The molecule has 96 valence electrons. The third kappa shape index (κ3) is 2.37. The Morgan fingerprint density at radius 3 is 2.56 bits per heavy atom. The van der Waals surface area contributed by atoms with Crippen LogP contribution in [0.1, 0.15) is 54.2 Å². The summed E-state index contributed by atoms with van der Waals surface area (Å²) in [6, 6.07) is 2.25. The Balaban J connectivity index is 2.15. The largest absolute Gasteiger partial charge is 0.436 e. The van der Waals surface area contributed by atoms with E-state index in [1.54, 1.807) is 13.8 Å². The first-order valence-electron chi connectivity index (χ1n) is 6.24. The van der Waals surface area contributed by atoms with E-state index in [0.717, 1.165) is 19.3 Å². The van der Waals surface area contributed by atoms with E-state index < -0.39 is 5.54 Å². The Bertz CT molecular complexity index is 493. The van der Waals surface area contributed by atoms with Gasteiger partial charge in [-0.3, -0.25) is 4.79 Å². The van der Waals surface area contributed by atoms with Gasteiger partial charge < -0.3 is 9.73 Å². The van der Waals surface area contributed by atoms with Crippen LogP contribution in [0.5, 0.6) is 0 Å². The average molecular weight is 247 g/mol. The molecule has 1 aliphatic carbocycles. The first kappa shape index (κ1) is 12.6. The smallest absolute Gasteiger partial charge is 0.290 e. The number of oxazole rings is 1.